The molecule has 1 aromatic carbocycles. The summed E-state index contributed by atoms with van der Waals surface area (Å²) in [7, 11) is 0. The molecule has 23 heavy (non-hydrogen) atoms. The molecule has 0 spiro atoms. The Bertz CT molecular complexity index is 748. The van der Waals surface area contributed by atoms with Gasteiger partial charge in [-0.3, -0.25) is 4.79 Å². The Morgan fingerprint density at radius 3 is 3.00 bits per heavy atom. The van der Waals surface area contributed by atoms with Gasteiger partial charge in [0.05, 0.1) is 21.0 Å². The van der Waals surface area contributed by atoms with Crippen molar-refractivity contribution in [2.24, 2.45) is 0 Å². The summed E-state index contributed by atoms with van der Waals surface area (Å²) >= 11 is 7.10. The number of ether oxygens (including phenoxy) is 1. The van der Waals surface area contributed by atoms with Gasteiger partial charge in [-0.15, -0.1) is 11.3 Å². The second-order valence-electron chi connectivity index (χ2n) is 4.88. The first-order chi connectivity index (χ1) is 10.9. The monoisotopic (exact) mass is 362 g/mol. The summed E-state index contributed by atoms with van der Waals surface area (Å²) in [4.78, 5) is 16.9. The van der Waals surface area contributed by atoms with Crippen molar-refractivity contribution in [3.05, 3.63) is 44.7 Å². The largest absolute Gasteiger partial charge is 0.476 e. The highest BCUT2D eigenvalue weighted by atomic mass is 35.5. The van der Waals surface area contributed by atoms with E-state index in [1.165, 1.54) is 23.5 Å². The fourth-order valence-electron chi connectivity index (χ4n) is 2.26. The van der Waals surface area contributed by atoms with Crippen molar-refractivity contribution in [3.63, 3.8) is 0 Å². The number of nitrogens with zero attached hydrogens (tertiary/aromatic N) is 1. The molecular formula is C14H10ClF3N2O2S. The van der Waals surface area contributed by atoms with Crippen molar-refractivity contribution in [3.8, 4) is 5.88 Å². The van der Waals surface area contributed by atoms with Gasteiger partial charge in [0, 0.05) is 6.54 Å². The van der Waals surface area contributed by atoms with E-state index >= 15 is 0 Å². The van der Waals surface area contributed by atoms with E-state index < -0.39 is 22.7 Å². The first-order valence-electron chi connectivity index (χ1n) is 6.56. The quantitative estimate of drug-likeness (QED) is 0.907. The van der Waals surface area contributed by atoms with Crippen LogP contribution in [0, 0.1) is 0 Å². The molecule has 4 nitrogen and oxygen atoms in total. The first-order valence-corrected chi connectivity index (χ1v) is 7.82. The van der Waals surface area contributed by atoms with Crippen LogP contribution in [-0.4, -0.2) is 17.5 Å². The molecule has 1 aliphatic rings. The molecule has 0 bridgehead atoms. The predicted octanol–water partition coefficient (Wildman–Crippen LogP) is 3.61. The number of alkyl halides is 3. The number of rotatable bonds is 3. The number of benzene rings is 1. The topological polar surface area (TPSA) is 51.2 Å². The van der Waals surface area contributed by atoms with E-state index in [0.717, 1.165) is 10.9 Å². The number of carbonyl (C=O) groups excluding carboxylic acids is 1. The number of fused-ring (bicyclic) bond motifs is 1. The maximum absolute atomic E-state index is 12.8. The highest BCUT2D eigenvalue weighted by molar-refractivity contribution is 7.10. The van der Waals surface area contributed by atoms with Gasteiger partial charge in [0.1, 0.15) is 12.5 Å². The van der Waals surface area contributed by atoms with Gasteiger partial charge >= 0.3 is 6.18 Å². The van der Waals surface area contributed by atoms with E-state index in [0.29, 0.717) is 5.88 Å². The first kappa shape index (κ1) is 16.1. The average Bonchev–Trinajstić information content (AvgIpc) is 3.07. The molecular weight excluding hydrogens is 353 g/mol. The summed E-state index contributed by atoms with van der Waals surface area (Å²) in [6, 6.07) is 3.61. The lowest BCUT2D eigenvalue weighted by atomic mass is 10.1. The van der Waals surface area contributed by atoms with Gasteiger partial charge in [-0.05, 0) is 11.6 Å². The summed E-state index contributed by atoms with van der Waals surface area (Å²) in [6.07, 6.45) is -4.53. The van der Waals surface area contributed by atoms with Crippen LogP contribution in [0.4, 0.5) is 13.2 Å². The van der Waals surface area contributed by atoms with Crippen LogP contribution in [0.25, 0.3) is 0 Å². The summed E-state index contributed by atoms with van der Waals surface area (Å²) in [5.74, 6) is -0.393. The molecule has 1 atom stereocenters. The van der Waals surface area contributed by atoms with E-state index in [2.05, 4.69) is 10.3 Å². The highest BCUT2D eigenvalue weighted by Crippen LogP contribution is 2.37. The molecule has 0 aliphatic carbocycles. The minimum atomic E-state index is -4.53. The van der Waals surface area contributed by atoms with E-state index in [4.69, 9.17) is 16.3 Å². The summed E-state index contributed by atoms with van der Waals surface area (Å²) in [5, 5.41) is 2.20. The zero-order valence-electron chi connectivity index (χ0n) is 11.5. The van der Waals surface area contributed by atoms with Gasteiger partial charge in [-0.1, -0.05) is 23.7 Å². The van der Waals surface area contributed by atoms with Crippen molar-refractivity contribution >= 4 is 28.8 Å². The lowest BCUT2D eigenvalue weighted by Gasteiger charge is -2.14. The Hall–Kier alpha value is -1.80. The fraction of sp³-hybridized carbons (Fsp3) is 0.286. The Morgan fingerprint density at radius 2 is 2.26 bits per heavy atom. The van der Waals surface area contributed by atoms with Gasteiger partial charge in [-0.2, -0.15) is 13.2 Å². The van der Waals surface area contributed by atoms with Crippen LogP contribution in [0.1, 0.15) is 21.9 Å². The van der Waals surface area contributed by atoms with Gasteiger partial charge in [0.2, 0.25) is 11.8 Å². The van der Waals surface area contributed by atoms with Crippen LogP contribution in [0.2, 0.25) is 5.02 Å². The third kappa shape index (κ3) is 3.13. The van der Waals surface area contributed by atoms with Crippen LogP contribution in [-0.2, 0) is 17.5 Å². The molecule has 9 heteroatoms. The molecule has 0 saturated carbocycles. The van der Waals surface area contributed by atoms with Crippen LogP contribution in [0.5, 0.6) is 5.88 Å². The number of aromatic nitrogens is 1. The zero-order chi connectivity index (χ0) is 16.6. The summed E-state index contributed by atoms with van der Waals surface area (Å²) in [6.45, 7) is 0.0867. The summed E-state index contributed by atoms with van der Waals surface area (Å²) in [5.41, 5.74) is 0.867. The lowest BCUT2D eigenvalue weighted by molar-refractivity contribution is -0.137. The molecule has 1 amide bonds. The van der Waals surface area contributed by atoms with E-state index in [1.807, 2.05) is 0 Å². The maximum atomic E-state index is 12.8. The van der Waals surface area contributed by atoms with Crippen LogP contribution in [0.15, 0.2) is 23.7 Å². The number of amides is 1. The summed E-state index contributed by atoms with van der Waals surface area (Å²) < 4.78 is 43.7. The molecule has 0 radical (unpaired) electrons. The van der Waals surface area contributed by atoms with Gasteiger partial charge in [-0.25, -0.2) is 4.98 Å². The maximum Gasteiger partial charge on any atom is 0.417 e. The average molecular weight is 363 g/mol. The van der Waals surface area contributed by atoms with Crippen molar-refractivity contribution in [1.29, 1.82) is 0 Å². The number of carbonyl (C=O) groups is 1. The van der Waals surface area contributed by atoms with Gasteiger partial charge in [0.15, 0.2) is 0 Å². The standard InChI is InChI=1S/C14H10ClF3N2O2S/c15-10-7(2-1-3-9(10)14(16,17)18)4-19-12(21)8-5-22-13-11(8)23-6-20-13/h1-3,6,8H,4-5H2,(H,19,21). The van der Waals surface area contributed by atoms with Crippen molar-refractivity contribution < 1.29 is 22.7 Å². The van der Waals surface area contributed by atoms with E-state index in [1.54, 1.807) is 5.51 Å². The second-order valence-corrected chi connectivity index (χ2v) is 6.14. The Kier molecular flexibility index (Phi) is 4.20. The second kappa shape index (κ2) is 6.01. The van der Waals surface area contributed by atoms with Crippen molar-refractivity contribution in [2.75, 3.05) is 6.61 Å². The molecule has 3 rings (SSSR count). The molecule has 0 saturated heterocycles. The smallest absolute Gasteiger partial charge is 0.417 e. The Balaban J connectivity index is 1.71. The minimum Gasteiger partial charge on any atom is -0.476 e. The van der Waals surface area contributed by atoms with E-state index in [-0.39, 0.29) is 24.6 Å². The van der Waals surface area contributed by atoms with Crippen LogP contribution >= 0.6 is 22.9 Å². The minimum absolute atomic E-state index is 0.0910. The van der Waals surface area contributed by atoms with Crippen LogP contribution in [0.3, 0.4) is 0 Å². The zero-order valence-corrected chi connectivity index (χ0v) is 13.1. The molecule has 1 unspecified atom stereocenters. The molecule has 2 aromatic rings. The predicted molar refractivity (Wildman–Crippen MR) is 78.7 cm³/mol. The number of hydrogen-bond donors (Lipinski definition) is 1. The number of nitrogens with one attached hydrogen (secondary N) is 1. The van der Waals surface area contributed by atoms with Crippen molar-refractivity contribution in [1.82, 2.24) is 10.3 Å². The normalized spacial score (nSPS) is 16.8. The molecule has 122 valence electrons. The molecule has 1 aliphatic heterocycles. The van der Waals surface area contributed by atoms with Gasteiger partial charge < -0.3 is 10.1 Å². The number of halogens is 4. The molecule has 1 N–H and O–H groups in total. The molecule has 1 aromatic heterocycles. The Labute approximate surface area is 138 Å². The highest BCUT2D eigenvalue weighted by Gasteiger charge is 2.35. The van der Waals surface area contributed by atoms with E-state index in [9.17, 15) is 18.0 Å². The third-order valence-electron chi connectivity index (χ3n) is 3.42. The fourth-order valence-corrected chi connectivity index (χ4v) is 3.37. The Morgan fingerprint density at radius 1 is 1.48 bits per heavy atom. The number of hydrogen-bond acceptors (Lipinski definition) is 4. The van der Waals surface area contributed by atoms with Gasteiger partial charge in [0.25, 0.3) is 0 Å². The number of thiazole rings is 1. The SMILES string of the molecule is O=C(NCc1cccc(C(F)(F)F)c1Cl)C1COc2ncsc21. The third-order valence-corrected chi connectivity index (χ3v) is 4.79. The molecule has 2 heterocycles. The molecule has 0 fully saturated rings. The van der Waals surface area contributed by atoms with Crippen molar-refractivity contribution in [2.45, 2.75) is 18.6 Å². The lowest BCUT2D eigenvalue weighted by Crippen LogP contribution is -2.29. The van der Waals surface area contributed by atoms with Crippen LogP contribution < -0.4 is 10.1 Å².